The number of anilines is 2. The fourth-order valence-corrected chi connectivity index (χ4v) is 1.10. The molecule has 2 aromatic heterocycles. The number of carbonyl (C=O) groups excluding carboxylic acids is 1. The lowest BCUT2D eigenvalue weighted by atomic mass is 10.4. The first kappa shape index (κ1) is 9.26. The largest absolute Gasteiger partial charge is 0.436 e. The molecule has 0 aromatic carbocycles. The van der Waals surface area contributed by atoms with Crippen LogP contribution in [0.1, 0.15) is 10.6 Å². The zero-order valence-corrected chi connectivity index (χ0v) is 7.81. The zero-order chi connectivity index (χ0) is 10.7. The normalized spacial score (nSPS) is 9.87. The van der Waals surface area contributed by atoms with Crippen molar-refractivity contribution in [1.29, 1.82) is 0 Å². The van der Waals surface area contributed by atoms with Gasteiger partial charge in [-0.3, -0.25) is 9.78 Å². The summed E-state index contributed by atoms with van der Waals surface area (Å²) in [6, 6.07) is 6.50. The molecule has 0 atom stereocenters. The quantitative estimate of drug-likeness (QED) is 0.775. The fourth-order valence-electron chi connectivity index (χ4n) is 1.10. The summed E-state index contributed by atoms with van der Waals surface area (Å²) >= 11 is 0. The first-order valence-electron chi connectivity index (χ1n) is 4.32. The van der Waals surface area contributed by atoms with E-state index in [1.807, 2.05) is 0 Å². The van der Waals surface area contributed by atoms with E-state index in [1.165, 1.54) is 12.1 Å². The van der Waals surface area contributed by atoms with Crippen LogP contribution in [0.4, 0.5) is 11.6 Å². The molecule has 5 nitrogen and oxygen atoms in total. The molecule has 2 heterocycles. The Labute approximate surface area is 85.9 Å². The van der Waals surface area contributed by atoms with E-state index in [2.05, 4.69) is 10.3 Å². The van der Waals surface area contributed by atoms with Crippen LogP contribution in [-0.4, -0.2) is 10.9 Å². The summed E-state index contributed by atoms with van der Waals surface area (Å²) in [7, 11) is 0. The Kier molecular flexibility index (Phi) is 2.37. The molecule has 0 aliphatic heterocycles. The maximum absolute atomic E-state index is 11.5. The molecule has 1 amide bonds. The number of nitrogens with two attached hydrogens (primary N) is 1. The summed E-state index contributed by atoms with van der Waals surface area (Å²) in [6.07, 6.45) is 3.17. The van der Waals surface area contributed by atoms with E-state index in [0.717, 1.165) is 0 Å². The Hall–Kier alpha value is -2.30. The Morgan fingerprint density at radius 3 is 2.87 bits per heavy atom. The van der Waals surface area contributed by atoms with Crippen LogP contribution in [0.15, 0.2) is 41.1 Å². The third kappa shape index (κ3) is 2.14. The van der Waals surface area contributed by atoms with Gasteiger partial charge in [-0.1, -0.05) is 0 Å². The summed E-state index contributed by atoms with van der Waals surface area (Å²) in [4.78, 5) is 15.4. The van der Waals surface area contributed by atoms with Crippen molar-refractivity contribution in [2.45, 2.75) is 0 Å². The monoisotopic (exact) mass is 203 g/mol. The zero-order valence-electron chi connectivity index (χ0n) is 7.81. The van der Waals surface area contributed by atoms with Crippen LogP contribution in [-0.2, 0) is 0 Å². The molecule has 0 saturated heterocycles. The van der Waals surface area contributed by atoms with Gasteiger partial charge in [-0.25, -0.2) is 0 Å². The summed E-state index contributed by atoms with van der Waals surface area (Å²) in [5.41, 5.74) is 5.96. The number of hydrogen-bond donors (Lipinski definition) is 2. The number of aromatic nitrogens is 1. The SMILES string of the molecule is Nc1ccc(C(=O)Nc2cccnc2)o1. The summed E-state index contributed by atoms with van der Waals surface area (Å²) in [6.45, 7) is 0. The molecule has 3 N–H and O–H groups in total. The van der Waals surface area contributed by atoms with Crippen molar-refractivity contribution in [2.24, 2.45) is 0 Å². The Balaban J connectivity index is 2.11. The van der Waals surface area contributed by atoms with E-state index in [0.29, 0.717) is 5.69 Å². The lowest BCUT2D eigenvalue weighted by Crippen LogP contribution is -2.10. The van der Waals surface area contributed by atoms with Gasteiger partial charge in [0, 0.05) is 12.3 Å². The number of pyridine rings is 1. The number of nitrogens with zero attached hydrogens (tertiary/aromatic N) is 1. The van der Waals surface area contributed by atoms with E-state index in [-0.39, 0.29) is 17.6 Å². The Morgan fingerprint density at radius 1 is 1.40 bits per heavy atom. The number of amides is 1. The smallest absolute Gasteiger partial charge is 0.291 e. The summed E-state index contributed by atoms with van der Waals surface area (Å²) < 4.78 is 4.96. The van der Waals surface area contributed by atoms with Crippen LogP contribution < -0.4 is 11.1 Å². The lowest BCUT2D eigenvalue weighted by molar-refractivity contribution is 0.0997. The third-order valence-electron chi connectivity index (χ3n) is 1.77. The van der Waals surface area contributed by atoms with Gasteiger partial charge in [0.25, 0.3) is 5.91 Å². The number of hydrogen-bond acceptors (Lipinski definition) is 4. The first-order valence-corrected chi connectivity index (χ1v) is 4.32. The van der Waals surface area contributed by atoms with Crippen molar-refractivity contribution < 1.29 is 9.21 Å². The number of rotatable bonds is 2. The number of furan rings is 1. The van der Waals surface area contributed by atoms with Gasteiger partial charge in [0.05, 0.1) is 11.9 Å². The van der Waals surface area contributed by atoms with Gasteiger partial charge in [0.15, 0.2) is 11.6 Å². The minimum Gasteiger partial charge on any atom is -0.436 e. The van der Waals surface area contributed by atoms with E-state index < -0.39 is 0 Å². The number of nitrogen functional groups attached to an aromatic ring is 1. The predicted molar refractivity (Wildman–Crippen MR) is 55.3 cm³/mol. The molecule has 0 aliphatic carbocycles. The van der Waals surface area contributed by atoms with Gasteiger partial charge in [-0.2, -0.15) is 0 Å². The van der Waals surface area contributed by atoms with Crippen molar-refractivity contribution in [2.75, 3.05) is 11.1 Å². The molecule has 0 aliphatic rings. The van der Waals surface area contributed by atoms with Crippen molar-refractivity contribution in [3.63, 3.8) is 0 Å². The van der Waals surface area contributed by atoms with Crippen LogP contribution in [0, 0.1) is 0 Å². The molecule has 76 valence electrons. The van der Waals surface area contributed by atoms with Crippen LogP contribution in [0.25, 0.3) is 0 Å². The van der Waals surface area contributed by atoms with Gasteiger partial charge in [-0.05, 0) is 18.2 Å². The maximum Gasteiger partial charge on any atom is 0.291 e. The van der Waals surface area contributed by atoms with Crippen LogP contribution in [0.3, 0.4) is 0 Å². The van der Waals surface area contributed by atoms with Crippen LogP contribution in [0.2, 0.25) is 0 Å². The Morgan fingerprint density at radius 2 is 2.27 bits per heavy atom. The van der Waals surface area contributed by atoms with Gasteiger partial charge in [-0.15, -0.1) is 0 Å². The fraction of sp³-hybridized carbons (Fsp3) is 0. The summed E-state index contributed by atoms with van der Waals surface area (Å²) in [5, 5.41) is 2.62. The van der Waals surface area contributed by atoms with E-state index >= 15 is 0 Å². The molecule has 0 fully saturated rings. The predicted octanol–water partition coefficient (Wildman–Crippen LogP) is 1.51. The average Bonchev–Trinajstić information content (AvgIpc) is 2.66. The van der Waals surface area contributed by atoms with Gasteiger partial charge < -0.3 is 15.5 Å². The molecule has 0 saturated carbocycles. The molecule has 2 aromatic rings. The van der Waals surface area contributed by atoms with Gasteiger partial charge in [0.1, 0.15) is 0 Å². The summed E-state index contributed by atoms with van der Waals surface area (Å²) in [5.74, 6) is 0.0439. The molecule has 0 radical (unpaired) electrons. The number of nitrogens with one attached hydrogen (secondary N) is 1. The number of carbonyl (C=O) groups is 1. The van der Waals surface area contributed by atoms with Crippen molar-refractivity contribution in [3.05, 3.63) is 42.4 Å². The van der Waals surface area contributed by atoms with E-state index in [4.69, 9.17) is 10.2 Å². The second-order valence-electron chi connectivity index (χ2n) is 2.90. The molecular weight excluding hydrogens is 194 g/mol. The van der Waals surface area contributed by atoms with Gasteiger partial charge >= 0.3 is 0 Å². The second kappa shape index (κ2) is 3.83. The highest BCUT2D eigenvalue weighted by atomic mass is 16.4. The van der Waals surface area contributed by atoms with Crippen molar-refractivity contribution in [3.8, 4) is 0 Å². The van der Waals surface area contributed by atoms with Crippen molar-refractivity contribution >= 4 is 17.5 Å². The highest BCUT2D eigenvalue weighted by Gasteiger charge is 2.09. The highest BCUT2D eigenvalue weighted by molar-refractivity contribution is 6.02. The van der Waals surface area contributed by atoms with Crippen molar-refractivity contribution in [1.82, 2.24) is 4.98 Å². The maximum atomic E-state index is 11.5. The molecule has 0 spiro atoms. The molecule has 15 heavy (non-hydrogen) atoms. The standard InChI is InChI=1S/C10H9N3O2/c11-9-4-3-8(15-9)10(14)13-7-2-1-5-12-6-7/h1-6H,11H2,(H,13,14). The minimum atomic E-state index is -0.347. The second-order valence-corrected chi connectivity index (χ2v) is 2.90. The van der Waals surface area contributed by atoms with E-state index in [1.54, 1.807) is 24.5 Å². The van der Waals surface area contributed by atoms with Crippen LogP contribution in [0.5, 0.6) is 0 Å². The molecule has 0 bridgehead atoms. The molecule has 5 heteroatoms. The average molecular weight is 203 g/mol. The lowest BCUT2D eigenvalue weighted by Gasteiger charge is -2.00. The van der Waals surface area contributed by atoms with Gasteiger partial charge in [0.2, 0.25) is 0 Å². The third-order valence-corrected chi connectivity index (χ3v) is 1.77. The topological polar surface area (TPSA) is 81.2 Å². The highest BCUT2D eigenvalue weighted by Crippen LogP contribution is 2.11. The molecule has 0 unspecified atom stereocenters. The minimum absolute atomic E-state index is 0.177. The molecule has 2 rings (SSSR count). The molecular formula is C10H9N3O2. The first-order chi connectivity index (χ1) is 7.25. The van der Waals surface area contributed by atoms with Crippen LogP contribution >= 0.6 is 0 Å². The van der Waals surface area contributed by atoms with E-state index in [9.17, 15) is 4.79 Å². The Bertz CT molecular complexity index is 465.